The molecule has 0 aromatic carbocycles. The van der Waals surface area contributed by atoms with E-state index < -0.39 is 0 Å². The van der Waals surface area contributed by atoms with E-state index in [4.69, 9.17) is 9.47 Å². The van der Waals surface area contributed by atoms with Crippen LogP contribution in [0.1, 0.15) is 45.4 Å². The average molecular weight is 296 g/mol. The SMILES string of the molecule is CCC1(CNC2CCCC2C2COCCN2)CCOCC1. The fraction of sp³-hybridized carbons (Fsp3) is 1.00. The Labute approximate surface area is 129 Å². The molecular weight excluding hydrogens is 264 g/mol. The van der Waals surface area contributed by atoms with Crippen LogP contribution in [0.3, 0.4) is 0 Å². The van der Waals surface area contributed by atoms with Crippen molar-refractivity contribution in [2.75, 3.05) is 39.5 Å². The number of rotatable bonds is 5. The summed E-state index contributed by atoms with van der Waals surface area (Å²) in [6, 6.07) is 1.24. The van der Waals surface area contributed by atoms with Crippen molar-refractivity contribution < 1.29 is 9.47 Å². The lowest BCUT2D eigenvalue weighted by Crippen LogP contribution is -2.52. The maximum atomic E-state index is 5.67. The van der Waals surface area contributed by atoms with Gasteiger partial charge >= 0.3 is 0 Å². The van der Waals surface area contributed by atoms with Crippen molar-refractivity contribution >= 4 is 0 Å². The zero-order valence-corrected chi connectivity index (χ0v) is 13.5. The van der Waals surface area contributed by atoms with Crippen LogP contribution in [0.5, 0.6) is 0 Å². The van der Waals surface area contributed by atoms with Gasteiger partial charge in [0.1, 0.15) is 0 Å². The van der Waals surface area contributed by atoms with E-state index in [1.54, 1.807) is 0 Å². The summed E-state index contributed by atoms with van der Waals surface area (Å²) in [7, 11) is 0. The molecule has 3 rings (SSSR count). The Bertz CT molecular complexity index is 312. The smallest absolute Gasteiger partial charge is 0.0623 e. The minimum absolute atomic E-state index is 0.474. The number of hydrogen-bond acceptors (Lipinski definition) is 4. The summed E-state index contributed by atoms with van der Waals surface area (Å²) < 4.78 is 11.2. The second-order valence-electron chi connectivity index (χ2n) is 7.18. The van der Waals surface area contributed by atoms with Crippen LogP contribution >= 0.6 is 0 Å². The first kappa shape index (κ1) is 15.7. The van der Waals surface area contributed by atoms with Gasteiger partial charge in [0.15, 0.2) is 0 Å². The summed E-state index contributed by atoms with van der Waals surface area (Å²) in [6.07, 6.45) is 7.76. The minimum Gasteiger partial charge on any atom is -0.381 e. The van der Waals surface area contributed by atoms with E-state index in [0.29, 0.717) is 17.5 Å². The molecule has 21 heavy (non-hydrogen) atoms. The fourth-order valence-corrected chi connectivity index (χ4v) is 4.39. The van der Waals surface area contributed by atoms with E-state index in [0.717, 1.165) is 38.9 Å². The van der Waals surface area contributed by atoms with Gasteiger partial charge in [0.25, 0.3) is 0 Å². The number of ether oxygens (including phenoxy) is 2. The third kappa shape index (κ3) is 3.79. The third-order valence-electron chi connectivity index (χ3n) is 6.08. The van der Waals surface area contributed by atoms with Gasteiger partial charge in [0.05, 0.1) is 13.2 Å². The maximum absolute atomic E-state index is 5.67. The molecule has 3 aliphatic rings. The van der Waals surface area contributed by atoms with E-state index in [9.17, 15) is 0 Å². The predicted molar refractivity (Wildman–Crippen MR) is 84.5 cm³/mol. The van der Waals surface area contributed by atoms with Crippen LogP contribution in [0.15, 0.2) is 0 Å². The standard InChI is InChI=1S/C17H32N2O2/c1-2-17(6-9-20-10-7-17)13-19-15-5-3-4-14(15)16-12-21-11-8-18-16/h14-16,18-19H,2-13H2,1H3. The van der Waals surface area contributed by atoms with Gasteiger partial charge in [-0.3, -0.25) is 0 Å². The monoisotopic (exact) mass is 296 g/mol. The fourth-order valence-electron chi connectivity index (χ4n) is 4.39. The summed E-state index contributed by atoms with van der Waals surface area (Å²) in [5.41, 5.74) is 0.474. The highest BCUT2D eigenvalue weighted by molar-refractivity contribution is 4.94. The molecule has 3 unspecified atom stereocenters. The highest BCUT2D eigenvalue weighted by Gasteiger charge is 2.37. The number of hydrogen-bond donors (Lipinski definition) is 2. The highest BCUT2D eigenvalue weighted by atomic mass is 16.5. The molecule has 3 atom stereocenters. The van der Waals surface area contributed by atoms with Crippen molar-refractivity contribution in [1.29, 1.82) is 0 Å². The molecule has 1 aliphatic carbocycles. The molecule has 122 valence electrons. The molecule has 4 nitrogen and oxygen atoms in total. The Kier molecular flexibility index (Phi) is 5.54. The van der Waals surface area contributed by atoms with Crippen molar-refractivity contribution in [3.05, 3.63) is 0 Å². The molecular formula is C17H32N2O2. The molecule has 4 heteroatoms. The van der Waals surface area contributed by atoms with Gasteiger partial charge in [0, 0.05) is 38.4 Å². The Balaban J connectivity index is 1.53. The second-order valence-corrected chi connectivity index (χ2v) is 7.18. The van der Waals surface area contributed by atoms with Crippen LogP contribution in [0, 0.1) is 11.3 Å². The zero-order valence-electron chi connectivity index (χ0n) is 13.5. The molecule has 2 saturated heterocycles. The maximum Gasteiger partial charge on any atom is 0.0623 e. The van der Waals surface area contributed by atoms with E-state index in [1.165, 1.54) is 45.1 Å². The lowest BCUT2D eigenvalue weighted by Gasteiger charge is -2.39. The van der Waals surface area contributed by atoms with Gasteiger partial charge in [-0.05, 0) is 43.4 Å². The lowest BCUT2D eigenvalue weighted by molar-refractivity contribution is 0.00908. The normalized spacial score (nSPS) is 36.7. The second kappa shape index (κ2) is 7.40. The molecule has 0 aromatic rings. The Morgan fingerprint density at radius 3 is 2.71 bits per heavy atom. The molecule has 0 radical (unpaired) electrons. The average Bonchev–Trinajstić information content (AvgIpc) is 3.03. The van der Waals surface area contributed by atoms with Gasteiger partial charge in [-0.25, -0.2) is 0 Å². The van der Waals surface area contributed by atoms with E-state index in [2.05, 4.69) is 17.6 Å². The van der Waals surface area contributed by atoms with Crippen LogP contribution in [-0.4, -0.2) is 51.6 Å². The van der Waals surface area contributed by atoms with Crippen molar-refractivity contribution in [3.8, 4) is 0 Å². The number of morpholine rings is 1. The third-order valence-corrected chi connectivity index (χ3v) is 6.08. The summed E-state index contributed by atoms with van der Waals surface area (Å²) in [5, 5.41) is 7.61. The van der Waals surface area contributed by atoms with E-state index >= 15 is 0 Å². The van der Waals surface area contributed by atoms with E-state index in [-0.39, 0.29) is 0 Å². The Hall–Kier alpha value is -0.160. The van der Waals surface area contributed by atoms with Gasteiger partial charge in [-0.15, -0.1) is 0 Å². The lowest BCUT2D eigenvalue weighted by atomic mass is 9.77. The van der Waals surface area contributed by atoms with Crippen LogP contribution in [0.4, 0.5) is 0 Å². The quantitative estimate of drug-likeness (QED) is 0.814. The van der Waals surface area contributed by atoms with Crippen molar-refractivity contribution in [2.45, 2.75) is 57.5 Å². The first-order valence-electron chi connectivity index (χ1n) is 8.95. The predicted octanol–water partition coefficient (Wildman–Crippen LogP) is 1.94. The highest BCUT2D eigenvalue weighted by Crippen LogP contribution is 2.35. The Morgan fingerprint density at radius 2 is 2.00 bits per heavy atom. The molecule has 0 spiro atoms. The number of nitrogens with one attached hydrogen (secondary N) is 2. The topological polar surface area (TPSA) is 42.5 Å². The van der Waals surface area contributed by atoms with Gasteiger partial charge < -0.3 is 20.1 Å². The van der Waals surface area contributed by atoms with E-state index in [1.807, 2.05) is 0 Å². The Morgan fingerprint density at radius 1 is 1.14 bits per heavy atom. The van der Waals surface area contributed by atoms with Gasteiger partial charge in [-0.1, -0.05) is 13.3 Å². The van der Waals surface area contributed by atoms with Crippen LogP contribution in [-0.2, 0) is 9.47 Å². The molecule has 0 amide bonds. The molecule has 0 bridgehead atoms. The zero-order chi connectivity index (χ0) is 14.5. The summed E-state index contributed by atoms with van der Waals surface area (Å²) >= 11 is 0. The van der Waals surface area contributed by atoms with Crippen LogP contribution < -0.4 is 10.6 Å². The molecule has 2 N–H and O–H groups in total. The minimum atomic E-state index is 0.474. The van der Waals surface area contributed by atoms with Gasteiger partial charge in [0.2, 0.25) is 0 Å². The molecule has 3 fully saturated rings. The summed E-state index contributed by atoms with van der Waals surface area (Å²) in [4.78, 5) is 0. The van der Waals surface area contributed by atoms with Gasteiger partial charge in [-0.2, -0.15) is 0 Å². The molecule has 1 saturated carbocycles. The van der Waals surface area contributed by atoms with Crippen molar-refractivity contribution in [1.82, 2.24) is 10.6 Å². The summed E-state index contributed by atoms with van der Waals surface area (Å²) in [5.74, 6) is 0.749. The molecule has 2 heterocycles. The molecule has 0 aromatic heterocycles. The molecule has 2 aliphatic heterocycles. The first-order valence-corrected chi connectivity index (χ1v) is 8.95. The first-order chi connectivity index (χ1) is 10.3. The van der Waals surface area contributed by atoms with Crippen LogP contribution in [0.2, 0.25) is 0 Å². The van der Waals surface area contributed by atoms with Crippen molar-refractivity contribution in [3.63, 3.8) is 0 Å². The summed E-state index contributed by atoms with van der Waals surface area (Å²) in [6.45, 7) is 8.19. The van der Waals surface area contributed by atoms with Crippen molar-refractivity contribution in [2.24, 2.45) is 11.3 Å². The van der Waals surface area contributed by atoms with Crippen LogP contribution in [0.25, 0.3) is 0 Å². The largest absolute Gasteiger partial charge is 0.381 e.